The number of benzene rings is 2. The van der Waals surface area contributed by atoms with Gasteiger partial charge in [0.1, 0.15) is 6.61 Å². The third-order valence-electron chi connectivity index (χ3n) is 3.88. The van der Waals surface area contributed by atoms with E-state index in [1.54, 1.807) is 36.4 Å². The van der Waals surface area contributed by atoms with Crippen LogP contribution in [0.25, 0.3) is 6.08 Å². The van der Waals surface area contributed by atoms with Gasteiger partial charge in [-0.3, -0.25) is 4.79 Å². The number of aliphatic imine (C=N–C) groups is 1. The Hall–Kier alpha value is -2.97. The number of carbonyl (C=O) groups is 2. The number of aryl methyl sites for hydroxylation is 1. The summed E-state index contributed by atoms with van der Waals surface area (Å²) in [7, 11) is 1.44. The molecule has 1 N–H and O–H groups in total. The molecule has 1 amide bonds. The summed E-state index contributed by atoms with van der Waals surface area (Å²) in [5, 5.41) is 14.3. The van der Waals surface area contributed by atoms with E-state index in [1.165, 1.54) is 18.9 Å². The lowest BCUT2D eigenvalue weighted by molar-refractivity contribution is -0.307. The fourth-order valence-electron chi connectivity index (χ4n) is 2.47. The predicted octanol–water partition coefficient (Wildman–Crippen LogP) is 2.68. The van der Waals surface area contributed by atoms with E-state index in [2.05, 4.69) is 10.3 Å². The minimum atomic E-state index is -1.33. The topological polar surface area (TPSA) is 100 Å². The smallest absolute Gasteiger partial charge is 0.264 e. The highest BCUT2D eigenvalue weighted by molar-refractivity contribution is 8.18. The SMILES string of the molecule is COc1cc(/C=C2\SC(=Nc3cc(Cl)ccc3C)NC2=O)ccc1OCC(=O)[O-]. The zero-order chi connectivity index (χ0) is 21.0. The number of amides is 1. The summed E-state index contributed by atoms with van der Waals surface area (Å²) in [6.07, 6.45) is 1.68. The van der Waals surface area contributed by atoms with Crippen molar-refractivity contribution in [2.45, 2.75) is 6.92 Å². The number of aliphatic carboxylic acids is 1. The average molecular weight is 432 g/mol. The quantitative estimate of drug-likeness (QED) is 0.706. The number of hydrogen-bond acceptors (Lipinski definition) is 7. The van der Waals surface area contributed by atoms with Crippen molar-refractivity contribution >= 4 is 52.2 Å². The zero-order valence-electron chi connectivity index (χ0n) is 15.5. The van der Waals surface area contributed by atoms with E-state index >= 15 is 0 Å². The molecule has 9 heteroatoms. The summed E-state index contributed by atoms with van der Waals surface area (Å²) < 4.78 is 10.3. The molecule has 0 spiro atoms. The maximum Gasteiger partial charge on any atom is 0.264 e. The highest BCUT2D eigenvalue weighted by atomic mass is 35.5. The molecule has 0 radical (unpaired) electrons. The molecular formula is C20H16ClN2O5S-. The van der Waals surface area contributed by atoms with Gasteiger partial charge in [-0.1, -0.05) is 23.7 Å². The molecular weight excluding hydrogens is 416 g/mol. The molecule has 1 aliphatic rings. The van der Waals surface area contributed by atoms with E-state index in [1.807, 2.05) is 13.0 Å². The van der Waals surface area contributed by atoms with Crippen LogP contribution in [0.2, 0.25) is 5.02 Å². The molecule has 1 aliphatic heterocycles. The Bertz CT molecular complexity index is 1040. The molecule has 0 bridgehead atoms. The van der Waals surface area contributed by atoms with Crippen LogP contribution in [-0.4, -0.2) is 30.8 Å². The van der Waals surface area contributed by atoms with Crippen molar-refractivity contribution < 1.29 is 24.2 Å². The first-order chi connectivity index (χ1) is 13.9. The van der Waals surface area contributed by atoms with E-state index in [0.29, 0.717) is 32.1 Å². The van der Waals surface area contributed by atoms with E-state index in [0.717, 1.165) is 5.56 Å². The number of halogens is 1. The molecule has 1 saturated heterocycles. The monoisotopic (exact) mass is 431 g/mol. The highest BCUT2D eigenvalue weighted by Crippen LogP contribution is 2.33. The molecule has 2 aromatic rings. The van der Waals surface area contributed by atoms with Crippen LogP contribution in [0.5, 0.6) is 11.5 Å². The second kappa shape index (κ2) is 9.02. The molecule has 7 nitrogen and oxygen atoms in total. The van der Waals surface area contributed by atoms with Crippen molar-refractivity contribution in [2.75, 3.05) is 13.7 Å². The summed E-state index contributed by atoms with van der Waals surface area (Å²) in [5.74, 6) is -1.00. The minimum absolute atomic E-state index is 0.265. The second-order valence-corrected chi connectivity index (χ2v) is 7.45. The lowest BCUT2D eigenvalue weighted by Gasteiger charge is -2.11. The summed E-state index contributed by atoms with van der Waals surface area (Å²) in [6.45, 7) is 1.32. The van der Waals surface area contributed by atoms with Gasteiger partial charge in [-0.2, -0.15) is 0 Å². The molecule has 2 aromatic carbocycles. The number of rotatable bonds is 6. The molecule has 1 fully saturated rings. The van der Waals surface area contributed by atoms with Crippen LogP contribution in [0.1, 0.15) is 11.1 Å². The lowest BCUT2D eigenvalue weighted by Crippen LogP contribution is -2.29. The Balaban J connectivity index is 1.82. The third-order valence-corrected chi connectivity index (χ3v) is 5.02. The molecule has 0 atom stereocenters. The van der Waals surface area contributed by atoms with Crippen LogP contribution >= 0.6 is 23.4 Å². The molecule has 3 rings (SSSR count). The normalized spacial score (nSPS) is 16.2. The minimum Gasteiger partial charge on any atom is -0.546 e. The van der Waals surface area contributed by atoms with Gasteiger partial charge in [-0.05, 0) is 60.2 Å². The van der Waals surface area contributed by atoms with Crippen LogP contribution < -0.4 is 19.9 Å². The standard InChI is InChI=1S/C20H17ClN2O5S/c1-11-3-5-13(21)9-14(11)22-20-23-19(26)17(29-20)8-12-4-6-15(16(7-12)27-2)28-10-18(24)25/h3-9H,10H2,1-2H3,(H,24,25)(H,22,23,26)/p-1/b17-8-. The van der Waals surface area contributed by atoms with E-state index in [9.17, 15) is 14.7 Å². The van der Waals surface area contributed by atoms with E-state index < -0.39 is 12.6 Å². The Kier molecular flexibility index (Phi) is 6.46. The number of carboxylic acid groups (broad SMARTS) is 1. The summed E-state index contributed by atoms with van der Waals surface area (Å²) in [6, 6.07) is 10.3. The maximum atomic E-state index is 12.3. The maximum absolute atomic E-state index is 12.3. The van der Waals surface area contributed by atoms with Crippen LogP contribution in [-0.2, 0) is 9.59 Å². The van der Waals surface area contributed by atoms with Gasteiger partial charge in [-0.15, -0.1) is 0 Å². The molecule has 0 saturated carbocycles. The van der Waals surface area contributed by atoms with Crippen LogP contribution in [0, 0.1) is 6.92 Å². The van der Waals surface area contributed by atoms with Gasteiger partial charge in [0.05, 0.1) is 23.7 Å². The van der Waals surface area contributed by atoms with E-state index in [4.69, 9.17) is 21.1 Å². The summed E-state index contributed by atoms with van der Waals surface area (Å²) in [5.41, 5.74) is 2.30. The number of methoxy groups -OCH3 is 1. The first kappa shape index (κ1) is 20.8. The number of carboxylic acids is 1. The Labute approximate surface area is 176 Å². The molecule has 0 aliphatic carbocycles. The summed E-state index contributed by atoms with van der Waals surface area (Å²) in [4.78, 5) is 27.8. The summed E-state index contributed by atoms with van der Waals surface area (Å²) >= 11 is 7.22. The molecule has 1 heterocycles. The van der Waals surface area contributed by atoms with Crippen molar-refractivity contribution in [1.82, 2.24) is 5.32 Å². The number of carbonyl (C=O) groups excluding carboxylic acids is 2. The Morgan fingerprint density at radius 1 is 1.28 bits per heavy atom. The van der Waals surface area contributed by atoms with E-state index in [-0.39, 0.29) is 11.7 Å². The second-order valence-electron chi connectivity index (χ2n) is 5.98. The zero-order valence-corrected chi connectivity index (χ0v) is 17.1. The average Bonchev–Trinajstić information content (AvgIpc) is 3.02. The third kappa shape index (κ3) is 5.30. The number of nitrogens with zero attached hydrogens (tertiary/aromatic N) is 1. The number of nitrogens with one attached hydrogen (secondary N) is 1. The van der Waals surface area contributed by atoms with Crippen molar-refractivity contribution in [3.8, 4) is 11.5 Å². The van der Waals surface area contributed by atoms with Crippen molar-refractivity contribution in [3.05, 3.63) is 57.5 Å². The Morgan fingerprint density at radius 2 is 2.07 bits per heavy atom. The number of amidine groups is 1. The highest BCUT2D eigenvalue weighted by Gasteiger charge is 2.24. The van der Waals surface area contributed by atoms with Crippen molar-refractivity contribution in [1.29, 1.82) is 0 Å². The lowest BCUT2D eigenvalue weighted by atomic mass is 10.2. The fraction of sp³-hybridized carbons (Fsp3) is 0.150. The predicted molar refractivity (Wildman–Crippen MR) is 110 cm³/mol. The Morgan fingerprint density at radius 3 is 2.79 bits per heavy atom. The van der Waals surface area contributed by atoms with Gasteiger partial charge in [0.25, 0.3) is 5.91 Å². The fourth-order valence-corrected chi connectivity index (χ4v) is 3.48. The molecule has 0 unspecified atom stereocenters. The van der Waals surface area contributed by atoms with Crippen molar-refractivity contribution in [2.24, 2.45) is 4.99 Å². The number of ether oxygens (including phenoxy) is 2. The molecule has 29 heavy (non-hydrogen) atoms. The van der Waals surface area contributed by atoms with Crippen LogP contribution in [0.15, 0.2) is 46.3 Å². The first-order valence-electron chi connectivity index (χ1n) is 8.42. The number of hydrogen-bond donors (Lipinski definition) is 1. The van der Waals surface area contributed by atoms with Crippen LogP contribution in [0.3, 0.4) is 0 Å². The molecule has 0 aromatic heterocycles. The number of thioether (sulfide) groups is 1. The van der Waals surface area contributed by atoms with Crippen LogP contribution in [0.4, 0.5) is 5.69 Å². The van der Waals surface area contributed by atoms with Gasteiger partial charge in [0.2, 0.25) is 0 Å². The first-order valence-corrected chi connectivity index (χ1v) is 9.61. The van der Waals surface area contributed by atoms with Gasteiger partial charge < -0.3 is 24.7 Å². The van der Waals surface area contributed by atoms with Gasteiger partial charge in [0, 0.05) is 5.02 Å². The van der Waals surface area contributed by atoms with Gasteiger partial charge in [0.15, 0.2) is 16.7 Å². The van der Waals surface area contributed by atoms with Gasteiger partial charge in [-0.25, -0.2) is 4.99 Å². The van der Waals surface area contributed by atoms with Gasteiger partial charge >= 0.3 is 0 Å². The largest absolute Gasteiger partial charge is 0.546 e. The molecule has 150 valence electrons. The van der Waals surface area contributed by atoms with Crippen molar-refractivity contribution in [3.63, 3.8) is 0 Å².